The Morgan fingerprint density at radius 1 is 1.28 bits per heavy atom. The van der Waals surface area contributed by atoms with Crippen LogP contribution in [0.2, 0.25) is 0 Å². The van der Waals surface area contributed by atoms with Crippen molar-refractivity contribution in [2.75, 3.05) is 11.4 Å². The Balaban J connectivity index is 1.72. The number of carbonyl (C=O) groups is 1. The smallest absolute Gasteiger partial charge is 0.336 e. The fraction of sp³-hybridized carbons (Fsp3) is 0.250. The van der Waals surface area contributed by atoms with Crippen molar-refractivity contribution in [3.63, 3.8) is 0 Å². The molecule has 0 bridgehead atoms. The van der Waals surface area contributed by atoms with E-state index in [1.807, 2.05) is 4.90 Å². The van der Waals surface area contributed by atoms with Crippen molar-refractivity contribution in [2.45, 2.75) is 19.6 Å². The number of aliphatic hydroxyl groups excluding tert-OH is 1. The van der Waals surface area contributed by atoms with Gasteiger partial charge in [-0.2, -0.15) is 4.52 Å². The molecule has 3 heterocycles. The van der Waals surface area contributed by atoms with Crippen LogP contribution >= 0.6 is 0 Å². The van der Waals surface area contributed by atoms with Crippen LogP contribution in [0.25, 0.3) is 5.65 Å². The average Bonchev–Trinajstić information content (AvgIpc) is 3.02. The quantitative estimate of drug-likeness (QED) is 0.731. The molecule has 0 unspecified atom stereocenters. The average molecular weight is 343 g/mol. The number of anilines is 1. The Morgan fingerprint density at radius 3 is 2.88 bits per heavy atom. The van der Waals surface area contributed by atoms with Crippen molar-refractivity contribution in [2.24, 2.45) is 0 Å². The van der Waals surface area contributed by atoms with Gasteiger partial charge in [-0.25, -0.2) is 9.18 Å². The van der Waals surface area contributed by atoms with E-state index in [1.54, 1.807) is 12.1 Å². The maximum Gasteiger partial charge on any atom is 0.336 e. The topological polar surface area (TPSA) is 104 Å². The fourth-order valence-electron chi connectivity index (χ4n) is 3.14. The highest BCUT2D eigenvalue weighted by atomic mass is 19.1. The lowest BCUT2D eigenvalue weighted by Crippen LogP contribution is -2.32. The minimum atomic E-state index is -1.12. The molecular formula is C16H14FN5O3. The van der Waals surface area contributed by atoms with E-state index in [-0.39, 0.29) is 12.2 Å². The van der Waals surface area contributed by atoms with Crippen LogP contribution in [0.3, 0.4) is 0 Å². The van der Waals surface area contributed by atoms with Gasteiger partial charge in [0.25, 0.3) is 0 Å². The summed E-state index contributed by atoms with van der Waals surface area (Å²) in [7, 11) is 0. The molecule has 2 aromatic heterocycles. The number of aromatic carboxylic acids is 1. The predicted molar refractivity (Wildman–Crippen MR) is 84.8 cm³/mol. The van der Waals surface area contributed by atoms with Gasteiger partial charge >= 0.3 is 5.97 Å². The molecule has 8 nitrogen and oxygen atoms in total. The second-order valence-corrected chi connectivity index (χ2v) is 5.80. The number of carboxylic acid groups (broad SMARTS) is 1. The van der Waals surface area contributed by atoms with Crippen molar-refractivity contribution >= 4 is 17.4 Å². The Morgan fingerprint density at radius 2 is 2.12 bits per heavy atom. The molecule has 0 radical (unpaired) electrons. The predicted octanol–water partition coefficient (Wildman–Crippen LogP) is 1.02. The molecule has 0 saturated carbocycles. The van der Waals surface area contributed by atoms with E-state index >= 15 is 0 Å². The molecule has 0 atom stereocenters. The van der Waals surface area contributed by atoms with Gasteiger partial charge in [0.2, 0.25) is 0 Å². The van der Waals surface area contributed by atoms with Crippen molar-refractivity contribution in [1.29, 1.82) is 0 Å². The number of aliphatic hydroxyl groups is 1. The molecule has 0 amide bonds. The van der Waals surface area contributed by atoms with Gasteiger partial charge in [0.05, 0.1) is 5.56 Å². The van der Waals surface area contributed by atoms with Crippen LogP contribution in [0.15, 0.2) is 24.3 Å². The third kappa shape index (κ3) is 2.58. The highest BCUT2D eigenvalue weighted by Crippen LogP contribution is 2.27. The number of rotatable bonds is 3. The van der Waals surface area contributed by atoms with Gasteiger partial charge in [0.15, 0.2) is 11.5 Å². The summed E-state index contributed by atoms with van der Waals surface area (Å²) < 4.78 is 15.2. The number of hydrogen-bond donors (Lipinski definition) is 2. The summed E-state index contributed by atoms with van der Waals surface area (Å²) in [5.74, 6) is -0.745. The third-order valence-corrected chi connectivity index (χ3v) is 4.31. The number of benzene rings is 1. The van der Waals surface area contributed by atoms with Gasteiger partial charge in [-0.15, -0.1) is 15.3 Å². The van der Waals surface area contributed by atoms with Crippen LogP contribution in [0, 0.1) is 5.82 Å². The van der Waals surface area contributed by atoms with E-state index in [2.05, 4.69) is 15.3 Å². The monoisotopic (exact) mass is 343 g/mol. The number of halogens is 1. The number of aromatic nitrogens is 4. The first-order chi connectivity index (χ1) is 12.1. The van der Waals surface area contributed by atoms with E-state index in [1.165, 1.54) is 10.6 Å². The molecule has 0 spiro atoms. The molecule has 1 aliphatic heterocycles. The number of fused-ring (bicyclic) bond motifs is 2. The zero-order chi connectivity index (χ0) is 17.6. The molecule has 1 aliphatic rings. The molecule has 25 heavy (non-hydrogen) atoms. The normalized spacial score (nSPS) is 13.9. The molecule has 1 aromatic carbocycles. The van der Waals surface area contributed by atoms with E-state index in [4.69, 9.17) is 0 Å². The Kier molecular flexibility index (Phi) is 3.57. The number of carboxylic acids is 1. The molecular weight excluding hydrogens is 329 g/mol. The third-order valence-electron chi connectivity index (χ3n) is 4.31. The van der Waals surface area contributed by atoms with Crippen LogP contribution < -0.4 is 4.90 Å². The lowest BCUT2D eigenvalue weighted by Gasteiger charge is -2.30. The Labute approximate surface area is 141 Å². The van der Waals surface area contributed by atoms with E-state index in [0.29, 0.717) is 47.9 Å². The van der Waals surface area contributed by atoms with Gasteiger partial charge in [-0.1, -0.05) is 0 Å². The minimum Gasteiger partial charge on any atom is -0.478 e. The summed E-state index contributed by atoms with van der Waals surface area (Å²) in [6, 6.07) is 5.93. The Bertz CT molecular complexity index is 987. The van der Waals surface area contributed by atoms with Crippen LogP contribution in [0.1, 0.15) is 27.3 Å². The molecule has 0 aliphatic carbocycles. The van der Waals surface area contributed by atoms with E-state index in [0.717, 1.165) is 6.07 Å². The van der Waals surface area contributed by atoms with E-state index in [9.17, 15) is 19.4 Å². The molecule has 4 rings (SSSR count). The van der Waals surface area contributed by atoms with Crippen molar-refractivity contribution in [3.05, 3.63) is 52.6 Å². The number of nitrogens with zero attached hydrogens (tertiary/aromatic N) is 5. The summed E-state index contributed by atoms with van der Waals surface area (Å²) in [6.45, 7) is 0.615. The van der Waals surface area contributed by atoms with Gasteiger partial charge in [-0.3, -0.25) is 0 Å². The summed E-state index contributed by atoms with van der Waals surface area (Å²) in [4.78, 5) is 13.3. The Hall–Kier alpha value is -3.07. The van der Waals surface area contributed by atoms with Crippen molar-refractivity contribution in [1.82, 2.24) is 19.8 Å². The lowest BCUT2D eigenvalue weighted by atomic mass is 9.94. The highest BCUT2D eigenvalue weighted by molar-refractivity contribution is 5.90. The minimum absolute atomic E-state index is 0.0134. The summed E-state index contributed by atoms with van der Waals surface area (Å²) in [5.41, 5.74) is 1.83. The molecule has 9 heteroatoms. The first-order valence-electron chi connectivity index (χ1n) is 7.68. The summed E-state index contributed by atoms with van der Waals surface area (Å²) in [5, 5.41) is 30.7. The molecule has 3 aromatic rings. The van der Waals surface area contributed by atoms with Crippen LogP contribution in [0.5, 0.6) is 0 Å². The standard InChI is InChI=1S/C16H14FN5O3/c17-10-5-9-7-21(4-3-11(9)12(6-10)16(24)25)14-2-1-13-18-19-15(8-23)22(13)20-14/h1-2,5-6,23H,3-4,7-8H2,(H,24,25). The molecule has 0 fully saturated rings. The summed E-state index contributed by atoms with van der Waals surface area (Å²) >= 11 is 0. The number of hydrogen-bond acceptors (Lipinski definition) is 6. The van der Waals surface area contributed by atoms with Crippen LogP contribution in [-0.4, -0.2) is 42.5 Å². The molecule has 0 saturated heterocycles. The largest absolute Gasteiger partial charge is 0.478 e. The van der Waals surface area contributed by atoms with Gasteiger partial charge in [0, 0.05) is 13.1 Å². The second kappa shape index (κ2) is 5.78. The van der Waals surface area contributed by atoms with Crippen molar-refractivity contribution in [3.8, 4) is 0 Å². The zero-order valence-electron chi connectivity index (χ0n) is 13.1. The maximum atomic E-state index is 13.8. The SMILES string of the molecule is O=C(O)c1cc(F)cc2c1CCN(c1ccc3nnc(CO)n3n1)C2. The molecule has 2 N–H and O–H groups in total. The van der Waals surface area contributed by atoms with E-state index < -0.39 is 11.8 Å². The lowest BCUT2D eigenvalue weighted by molar-refractivity contribution is 0.0695. The first-order valence-corrected chi connectivity index (χ1v) is 7.68. The van der Waals surface area contributed by atoms with Crippen LogP contribution in [0.4, 0.5) is 10.2 Å². The second-order valence-electron chi connectivity index (χ2n) is 5.80. The van der Waals surface area contributed by atoms with Gasteiger partial charge in [0.1, 0.15) is 18.2 Å². The summed E-state index contributed by atoms with van der Waals surface area (Å²) in [6.07, 6.45) is 0.478. The van der Waals surface area contributed by atoms with Crippen molar-refractivity contribution < 1.29 is 19.4 Å². The molecule has 128 valence electrons. The zero-order valence-corrected chi connectivity index (χ0v) is 13.1. The highest BCUT2D eigenvalue weighted by Gasteiger charge is 2.24. The fourth-order valence-corrected chi connectivity index (χ4v) is 3.14. The maximum absolute atomic E-state index is 13.8. The van der Waals surface area contributed by atoms with Gasteiger partial charge in [-0.05, 0) is 41.8 Å². The van der Waals surface area contributed by atoms with Gasteiger partial charge < -0.3 is 15.1 Å². The first kappa shape index (κ1) is 15.5. The van der Waals surface area contributed by atoms with Crippen LogP contribution in [-0.2, 0) is 19.6 Å².